The smallest absolute Gasteiger partial charge is 0.234 e. The Bertz CT molecular complexity index is 215. The molecule has 0 aromatic carbocycles. The van der Waals surface area contributed by atoms with Gasteiger partial charge in [0.2, 0.25) is 5.91 Å². The number of amides is 1. The topological polar surface area (TPSA) is 94.4 Å². The number of aliphatic hydroxyl groups excluding tert-OH is 1. The van der Waals surface area contributed by atoms with Gasteiger partial charge in [0.25, 0.3) is 0 Å². The molecule has 3 N–H and O–H groups in total. The lowest BCUT2D eigenvalue weighted by molar-refractivity contribution is -0.120. The van der Waals surface area contributed by atoms with Gasteiger partial charge >= 0.3 is 0 Å². The third-order valence-electron chi connectivity index (χ3n) is 1.70. The molecule has 0 bridgehead atoms. The van der Waals surface area contributed by atoms with Crippen LogP contribution in [0.1, 0.15) is 6.42 Å². The van der Waals surface area contributed by atoms with Gasteiger partial charge in [-0.1, -0.05) is 0 Å². The van der Waals surface area contributed by atoms with Gasteiger partial charge in [-0.3, -0.25) is 4.79 Å². The summed E-state index contributed by atoms with van der Waals surface area (Å²) in [7, 11) is 1.53. The summed E-state index contributed by atoms with van der Waals surface area (Å²) in [6, 6.07) is 1.69. The van der Waals surface area contributed by atoms with E-state index in [1.807, 2.05) is 6.07 Å². The maximum absolute atomic E-state index is 11.1. The van der Waals surface area contributed by atoms with Crippen molar-refractivity contribution in [1.82, 2.24) is 10.6 Å². The van der Waals surface area contributed by atoms with Crippen LogP contribution in [-0.4, -0.2) is 50.5 Å². The van der Waals surface area contributed by atoms with Gasteiger partial charge in [-0.05, 0) is 0 Å². The van der Waals surface area contributed by atoms with E-state index in [0.29, 0.717) is 19.6 Å². The maximum Gasteiger partial charge on any atom is 0.234 e. The molecule has 0 radical (unpaired) electrons. The van der Waals surface area contributed by atoms with Gasteiger partial charge in [-0.25, -0.2) is 0 Å². The van der Waals surface area contributed by atoms with E-state index in [1.165, 1.54) is 7.11 Å². The summed E-state index contributed by atoms with van der Waals surface area (Å²) in [4.78, 5) is 11.1. The van der Waals surface area contributed by atoms with Crippen LogP contribution in [0.15, 0.2) is 0 Å². The number of nitriles is 1. The predicted molar refractivity (Wildman–Crippen MR) is 54.0 cm³/mol. The van der Waals surface area contributed by atoms with Gasteiger partial charge in [0.05, 0.1) is 38.3 Å². The van der Waals surface area contributed by atoms with E-state index in [2.05, 4.69) is 10.6 Å². The summed E-state index contributed by atoms with van der Waals surface area (Å²) in [5.41, 5.74) is 0. The number of hydrogen-bond donors (Lipinski definition) is 3. The van der Waals surface area contributed by atoms with Crippen molar-refractivity contribution in [3.63, 3.8) is 0 Å². The Hall–Kier alpha value is -1.16. The van der Waals surface area contributed by atoms with Crippen molar-refractivity contribution in [2.24, 2.45) is 0 Å². The predicted octanol–water partition coefficient (Wildman–Crippen LogP) is -1.39. The summed E-state index contributed by atoms with van der Waals surface area (Å²) in [5, 5.41) is 22.5. The number of methoxy groups -OCH3 is 1. The van der Waals surface area contributed by atoms with E-state index in [0.717, 1.165) is 0 Å². The molecule has 6 nitrogen and oxygen atoms in total. The molecule has 0 saturated heterocycles. The SMILES string of the molecule is COCC(CO)NCC(=O)NCCC#N. The van der Waals surface area contributed by atoms with Crippen molar-refractivity contribution in [2.45, 2.75) is 12.5 Å². The fraction of sp³-hybridized carbons (Fsp3) is 0.778. The normalized spacial score (nSPS) is 11.8. The molecule has 0 heterocycles. The van der Waals surface area contributed by atoms with Crippen LogP contribution in [0.4, 0.5) is 0 Å². The zero-order valence-corrected chi connectivity index (χ0v) is 8.82. The minimum Gasteiger partial charge on any atom is -0.395 e. The lowest BCUT2D eigenvalue weighted by atomic mass is 10.3. The van der Waals surface area contributed by atoms with Gasteiger partial charge in [-0.2, -0.15) is 5.26 Å². The van der Waals surface area contributed by atoms with E-state index in [9.17, 15) is 4.79 Å². The Morgan fingerprint density at radius 1 is 1.67 bits per heavy atom. The van der Waals surface area contributed by atoms with E-state index < -0.39 is 0 Å². The molecule has 1 atom stereocenters. The van der Waals surface area contributed by atoms with E-state index in [-0.39, 0.29) is 25.1 Å². The first-order valence-corrected chi connectivity index (χ1v) is 4.71. The molecule has 0 saturated carbocycles. The van der Waals surface area contributed by atoms with E-state index in [4.69, 9.17) is 15.1 Å². The standard InChI is InChI=1S/C9H17N3O3/c1-15-7-8(6-13)12-5-9(14)11-4-2-3-10/h8,12-13H,2,4-7H2,1H3,(H,11,14). The minimum atomic E-state index is -0.239. The second-order valence-corrected chi connectivity index (χ2v) is 2.97. The summed E-state index contributed by atoms with van der Waals surface area (Å²) in [6.07, 6.45) is 0.299. The van der Waals surface area contributed by atoms with Gasteiger partial charge in [-0.15, -0.1) is 0 Å². The van der Waals surface area contributed by atoms with Crippen LogP contribution < -0.4 is 10.6 Å². The first-order chi connectivity index (χ1) is 7.24. The van der Waals surface area contributed by atoms with Crippen LogP contribution in [0.3, 0.4) is 0 Å². The molecule has 1 unspecified atom stereocenters. The second-order valence-electron chi connectivity index (χ2n) is 2.97. The number of carbonyl (C=O) groups excluding carboxylic acids is 1. The Morgan fingerprint density at radius 3 is 2.93 bits per heavy atom. The molecule has 0 aromatic rings. The number of nitrogens with zero attached hydrogens (tertiary/aromatic N) is 1. The molecular weight excluding hydrogens is 198 g/mol. The zero-order valence-electron chi connectivity index (χ0n) is 8.82. The minimum absolute atomic E-state index is 0.0840. The van der Waals surface area contributed by atoms with Crippen LogP contribution >= 0.6 is 0 Å². The van der Waals surface area contributed by atoms with Crippen molar-refractivity contribution in [2.75, 3.05) is 33.4 Å². The molecule has 86 valence electrons. The van der Waals surface area contributed by atoms with Gasteiger partial charge < -0.3 is 20.5 Å². The maximum atomic E-state index is 11.1. The highest BCUT2D eigenvalue weighted by Gasteiger charge is 2.08. The second kappa shape index (κ2) is 9.40. The fourth-order valence-electron chi connectivity index (χ4n) is 0.935. The van der Waals surface area contributed by atoms with E-state index >= 15 is 0 Å². The number of rotatable bonds is 8. The average molecular weight is 215 g/mol. The summed E-state index contributed by atoms with van der Waals surface area (Å²) in [6.45, 7) is 0.729. The Kier molecular flexibility index (Phi) is 8.67. The van der Waals surface area contributed by atoms with Crippen LogP contribution in [0.2, 0.25) is 0 Å². The molecule has 0 aliphatic heterocycles. The first kappa shape index (κ1) is 13.8. The lowest BCUT2D eigenvalue weighted by Crippen LogP contribution is -2.43. The third-order valence-corrected chi connectivity index (χ3v) is 1.70. The van der Waals surface area contributed by atoms with Crippen LogP contribution in [0.25, 0.3) is 0 Å². The molecule has 0 aromatic heterocycles. The molecule has 0 spiro atoms. The molecule has 1 amide bonds. The molecule has 15 heavy (non-hydrogen) atoms. The number of aliphatic hydroxyl groups is 1. The van der Waals surface area contributed by atoms with Crippen LogP contribution in [0, 0.1) is 11.3 Å². The summed E-state index contributed by atoms with van der Waals surface area (Å²) >= 11 is 0. The number of hydrogen-bond acceptors (Lipinski definition) is 5. The molecule has 0 fully saturated rings. The molecule has 6 heteroatoms. The molecule has 0 aliphatic carbocycles. The third kappa shape index (κ3) is 7.88. The first-order valence-electron chi connectivity index (χ1n) is 4.71. The Morgan fingerprint density at radius 2 is 2.40 bits per heavy atom. The molecular formula is C9H17N3O3. The van der Waals surface area contributed by atoms with Gasteiger partial charge in [0, 0.05) is 13.7 Å². The highest BCUT2D eigenvalue weighted by atomic mass is 16.5. The highest BCUT2D eigenvalue weighted by Crippen LogP contribution is 1.82. The molecule has 0 aliphatic rings. The largest absolute Gasteiger partial charge is 0.395 e. The average Bonchev–Trinajstić information content (AvgIpc) is 2.24. The fourth-order valence-corrected chi connectivity index (χ4v) is 0.935. The van der Waals surface area contributed by atoms with Crippen molar-refractivity contribution < 1.29 is 14.6 Å². The van der Waals surface area contributed by atoms with Gasteiger partial charge in [0.1, 0.15) is 0 Å². The van der Waals surface area contributed by atoms with Crippen LogP contribution in [-0.2, 0) is 9.53 Å². The number of carbonyl (C=O) groups is 1. The summed E-state index contributed by atoms with van der Waals surface area (Å²) in [5.74, 6) is -0.195. The van der Waals surface area contributed by atoms with Crippen molar-refractivity contribution >= 4 is 5.91 Å². The zero-order chi connectivity index (χ0) is 11.5. The molecule has 0 rings (SSSR count). The lowest BCUT2D eigenvalue weighted by Gasteiger charge is -2.14. The number of ether oxygens (including phenoxy) is 1. The van der Waals surface area contributed by atoms with Gasteiger partial charge in [0.15, 0.2) is 0 Å². The monoisotopic (exact) mass is 215 g/mol. The summed E-state index contributed by atoms with van der Waals surface area (Å²) < 4.78 is 4.83. The Balaban J connectivity index is 3.55. The van der Waals surface area contributed by atoms with Crippen molar-refractivity contribution in [3.05, 3.63) is 0 Å². The highest BCUT2D eigenvalue weighted by molar-refractivity contribution is 5.77. The van der Waals surface area contributed by atoms with Crippen molar-refractivity contribution in [1.29, 1.82) is 5.26 Å². The van der Waals surface area contributed by atoms with E-state index in [1.54, 1.807) is 0 Å². The quantitative estimate of drug-likeness (QED) is 0.433. The van der Waals surface area contributed by atoms with Crippen LogP contribution in [0.5, 0.6) is 0 Å². The number of nitrogens with one attached hydrogen (secondary N) is 2. The van der Waals surface area contributed by atoms with Crippen molar-refractivity contribution in [3.8, 4) is 6.07 Å². The Labute approximate surface area is 89.2 Å².